The highest BCUT2D eigenvalue weighted by Crippen LogP contribution is 2.19. The van der Waals surface area contributed by atoms with Crippen LogP contribution in [0.3, 0.4) is 0 Å². The van der Waals surface area contributed by atoms with Crippen molar-refractivity contribution in [3.05, 3.63) is 0 Å². The maximum Gasteiger partial charge on any atom is 0.237 e. The van der Waals surface area contributed by atoms with Crippen molar-refractivity contribution >= 4 is 18.3 Å². The minimum Gasteiger partial charge on any atom is -0.337 e. The minimum atomic E-state index is 0. The number of amides is 1. The summed E-state index contributed by atoms with van der Waals surface area (Å²) in [6, 6.07) is 1.04. The van der Waals surface area contributed by atoms with Crippen LogP contribution in [0, 0.1) is 0 Å². The minimum absolute atomic E-state index is 0. The largest absolute Gasteiger partial charge is 0.337 e. The van der Waals surface area contributed by atoms with Gasteiger partial charge in [0.05, 0.1) is 6.54 Å². The maximum atomic E-state index is 12.5. The van der Waals surface area contributed by atoms with Gasteiger partial charge in [-0.15, -0.1) is 12.4 Å². The molecule has 0 saturated carbocycles. The van der Waals surface area contributed by atoms with Crippen LogP contribution in [0.1, 0.15) is 53.4 Å². The first-order valence-corrected chi connectivity index (χ1v) is 7.72. The van der Waals surface area contributed by atoms with Crippen LogP contribution >= 0.6 is 12.4 Å². The molecule has 0 spiro atoms. The first kappa shape index (κ1) is 19.7. The average Bonchev–Trinajstić information content (AvgIpc) is 2.30. The molecule has 0 bridgehead atoms. The monoisotopic (exact) mass is 305 g/mol. The van der Waals surface area contributed by atoms with Crippen LogP contribution in [-0.4, -0.2) is 53.5 Å². The highest BCUT2D eigenvalue weighted by atomic mass is 35.5. The van der Waals surface area contributed by atoms with Crippen LogP contribution in [0.4, 0.5) is 0 Å². The van der Waals surface area contributed by atoms with E-state index >= 15 is 0 Å². The molecule has 1 heterocycles. The van der Waals surface area contributed by atoms with Crippen molar-refractivity contribution in [1.82, 2.24) is 9.80 Å². The highest BCUT2D eigenvalue weighted by molar-refractivity contribution is 5.85. The third-order valence-electron chi connectivity index (χ3n) is 3.99. The Morgan fingerprint density at radius 1 is 1.25 bits per heavy atom. The zero-order valence-corrected chi connectivity index (χ0v) is 14.3. The van der Waals surface area contributed by atoms with Gasteiger partial charge < -0.3 is 10.6 Å². The number of nitrogens with zero attached hydrogens (tertiary/aromatic N) is 2. The Morgan fingerprint density at radius 2 is 1.85 bits per heavy atom. The fourth-order valence-electron chi connectivity index (χ4n) is 3.22. The van der Waals surface area contributed by atoms with Crippen molar-refractivity contribution in [2.75, 3.05) is 19.6 Å². The van der Waals surface area contributed by atoms with E-state index in [1.165, 1.54) is 19.3 Å². The topological polar surface area (TPSA) is 49.6 Å². The summed E-state index contributed by atoms with van der Waals surface area (Å²) in [5, 5.41) is 0. The van der Waals surface area contributed by atoms with Crippen LogP contribution in [0.5, 0.6) is 0 Å². The first-order valence-electron chi connectivity index (χ1n) is 7.72. The van der Waals surface area contributed by atoms with E-state index in [4.69, 9.17) is 5.73 Å². The molecule has 1 saturated heterocycles. The molecule has 0 aromatic carbocycles. The van der Waals surface area contributed by atoms with Crippen LogP contribution in [0.2, 0.25) is 0 Å². The molecule has 20 heavy (non-hydrogen) atoms. The molecule has 5 heteroatoms. The maximum absolute atomic E-state index is 12.5. The molecule has 120 valence electrons. The lowest BCUT2D eigenvalue weighted by Gasteiger charge is -2.38. The summed E-state index contributed by atoms with van der Waals surface area (Å²) in [4.78, 5) is 16.8. The molecule has 0 radical (unpaired) electrons. The van der Waals surface area contributed by atoms with Gasteiger partial charge in [-0.05, 0) is 60.0 Å². The Morgan fingerprint density at radius 3 is 2.35 bits per heavy atom. The second-order valence-corrected chi connectivity index (χ2v) is 6.19. The van der Waals surface area contributed by atoms with Crippen molar-refractivity contribution in [3.8, 4) is 0 Å². The van der Waals surface area contributed by atoms with Crippen LogP contribution < -0.4 is 5.73 Å². The SMILES string of the molecule is CC(C)N(C(=O)CN1CCCCC1CCN)C(C)C.Cl. The van der Waals surface area contributed by atoms with Crippen molar-refractivity contribution in [1.29, 1.82) is 0 Å². The highest BCUT2D eigenvalue weighted by Gasteiger charge is 2.27. The van der Waals surface area contributed by atoms with E-state index in [1.807, 2.05) is 4.90 Å². The van der Waals surface area contributed by atoms with Gasteiger partial charge >= 0.3 is 0 Å². The smallest absolute Gasteiger partial charge is 0.237 e. The Kier molecular flexibility index (Phi) is 9.43. The zero-order valence-electron chi connectivity index (χ0n) is 13.5. The summed E-state index contributed by atoms with van der Waals surface area (Å²) >= 11 is 0. The van der Waals surface area contributed by atoms with Gasteiger partial charge in [0.25, 0.3) is 0 Å². The van der Waals surface area contributed by atoms with Crippen LogP contribution in [-0.2, 0) is 4.79 Å². The Hall–Kier alpha value is -0.320. The molecular weight excluding hydrogens is 274 g/mol. The molecule has 1 fully saturated rings. The molecule has 1 atom stereocenters. The van der Waals surface area contributed by atoms with Crippen molar-refractivity contribution in [3.63, 3.8) is 0 Å². The van der Waals surface area contributed by atoms with Gasteiger partial charge in [-0.25, -0.2) is 0 Å². The van der Waals surface area contributed by atoms with Crippen LogP contribution in [0.25, 0.3) is 0 Å². The van der Waals surface area contributed by atoms with Gasteiger partial charge in [-0.2, -0.15) is 0 Å². The molecule has 1 amide bonds. The number of carbonyl (C=O) groups is 1. The lowest BCUT2D eigenvalue weighted by atomic mass is 9.99. The van der Waals surface area contributed by atoms with Crippen molar-refractivity contribution < 1.29 is 4.79 Å². The lowest BCUT2D eigenvalue weighted by molar-refractivity contribution is -0.137. The van der Waals surface area contributed by atoms with Crippen LogP contribution in [0.15, 0.2) is 0 Å². The Labute approximate surface area is 130 Å². The number of halogens is 1. The van der Waals surface area contributed by atoms with E-state index < -0.39 is 0 Å². The predicted molar refractivity (Wildman–Crippen MR) is 87.2 cm³/mol. The molecular formula is C15H32ClN3O. The number of piperidine rings is 1. The fraction of sp³-hybridized carbons (Fsp3) is 0.933. The molecule has 1 aliphatic heterocycles. The number of rotatable bonds is 6. The summed E-state index contributed by atoms with van der Waals surface area (Å²) < 4.78 is 0. The number of likely N-dealkylation sites (tertiary alicyclic amines) is 1. The van der Waals surface area contributed by atoms with E-state index in [0.717, 1.165) is 13.0 Å². The molecule has 1 rings (SSSR count). The van der Waals surface area contributed by atoms with E-state index in [0.29, 0.717) is 19.1 Å². The normalized spacial score (nSPS) is 20.1. The van der Waals surface area contributed by atoms with Crippen molar-refractivity contribution in [2.45, 2.75) is 71.5 Å². The van der Waals surface area contributed by atoms with Gasteiger partial charge in [0, 0.05) is 18.1 Å². The third kappa shape index (κ3) is 5.58. The molecule has 0 aromatic heterocycles. The number of nitrogens with two attached hydrogens (primary N) is 1. The van der Waals surface area contributed by atoms with E-state index in [2.05, 4.69) is 32.6 Å². The average molecular weight is 306 g/mol. The van der Waals surface area contributed by atoms with Gasteiger partial charge in [-0.3, -0.25) is 9.69 Å². The van der Waals surface area contributed by atoms with Gasteiger partial charge in [0.15, 0.2) is 0 Å². The molecule has 0 aliphatic carbocycles. The summed E-state index contributed by atoms with van der Waals surface area (Å²) in [7, 11) is 0. The van der Waals surface area contributed by atoms with E-state index in [1.54, 1.807) is 0 Å². The van der Waals surface area contributed by atoms with Gasteiger partial charge in [0.1, 0.15) is 0 Å². The summed E-state index contributed by atoms with van der Waals surface area (Å²) in [5.41, 5.74) is 5.69. The number of carbonyl (C=O) groups excluding carboxylic acids is 1. The summed E-state index contributed by atoms with van der Waals surface area (Å²) in [6.45, 7) is 10.7. The Balaban J connectivity index is 0.00000361. The molecule has 0 aromatic rings. The second-order valence-electron chi connectivity index (χ2n) is 6.19. The number of hydrogen-bond donors (Lipinski definition) is 1. The second kappa shape index (κ2) is 9.59. The fourth-order valence-corrected chi connectivity index (χ4v) is 3.22. The van der Waals surface area contributed by atoms with Gasteiger partial charge in [0.2, 0.25) is 5.91 Å². The number of hydrogen-bond acceptors (Lipinski definition) is 3. The molecule has 4 nitrogen and oxygen atoms in total. The zero-order chi connectivity index (χ0) is 14.4. The summed E-state index contributed by atoms with van der Waals surface area (Å²) in [5.74, 6) is 0.258. The lowest BCUT2D eigenvalue weighted by Crippen LogP contribution is -2.50. The van der Waals surface area contributed by atoms with E-state index in [9.17, 15) is 4.79 Å². The standard InChI is InChI=1S/C15H31N3O.ClH/c1-12(2)18(13(3)4)15(19)11-17-10-6-5-7-14(17)8-9-16;/h12-14H,5-11,16H2,1-4H3;1H. The quantitative estimate of drug-likeness (QED) is 0.819. The molecule has 1 aliphatic rings. The Bertz CT molecular complexity index is 274. The predicted octanol–water partition coefficient (Wildman–Crippen LogP) is 2.26. The van der Waals surface area contributed by atoms with E-state index in [-0.39, 0.29) is 30.4 Å². The molecule has 1 unspecified atom stereocenters. The molecule has 2 N–H and O–H groups in total. The van der Waals surface area contributed by atoms with Crippen molar-refractivity contribution in [2.24, 2.45) is 5.73 Å². The van der Waals surface area contributed by atoms with Gasteiger partial charge in [-0.1, -0.05) is 6.42 Å². The first-order chi connectivity index (χ1) is 8.97. The third-order valence-corrected chi connectivity index (χ3v) is 3.99. The summed E-state index contributed by atoms with van der Waals surface area (Å²) in [6.07, 6.45) is 4.68.